The van der Waals surface area contributed by atoms with E-state index >= 15 is 0 Å². The smallest absolute Gasteiger partial charge is 0.0814 e. The Balaban J connectivity index is 2.16. The molecule has 1 N–H and O–H groups in total. The number of hydrogen-bond acceptors (Lipinski definition) is 2. The molecule has 1 atom stereocenters. The summed E-state index contributed by atoms with van der Waals surface area (Å²) in [4.78, 5) is 0. The molecule has 0 spiro atoms. The van der Waals surface area contributed by atoms with Crippen molar-refractivity contribution in [1.82, 2.24) is 0 Å². The maximum absolute atomic E-state index is 9.90. The van der Waals surface area contributed by atoms with Crippen LogP contribution >= 0.6 is 0 Å². The Labute approximate surface area is 142 Å². The number of aryl methyl sites for hydroxylation is 1. The zero-order valence-electron chi connectivity index (χ0n) is 14.8. The fourth-order valence-electron chi connectivity index (χ4n) is 2.75. The van der Waals surface area contributed by atoms with Crippen molar-refractivity contribution in [3.05, 3.63) is 48.0 Å². The molecule has 0 saturated carbocycles. The van der Waals surface area contributed by atoms with E-state index < -0.39 is 6.10 Å². The molecule has 0 aliphatic heterocycles. The second-order valence-corrected chi connectivity index (χ2v) is 6.37. The Bertz CT molecular complexity index is 397. The van der Waals surface area contributed by atoms with Crippen LogP contribution in [0.2, 0.25) is 0 Å². The lowest BCUT2D eigenvalue weighted by Crippen LogP contribution is -2.18. The van der Waals surface area contributed by atoms with Crippen LogP contribution in [0, 0.1) is 0 Å². The van der Waals surface area contributed by atoms with Gasteiger partial charge in [0.25, 0.3) is 0 Å². The summed E-state index contributed by atoms with van der Waals surface area (Å²) in [5.41, 5.74) is 2.57. The maximum atomic E-state index is 9.90. The van der Waals surface area contributed by atoms with E-state index in [0.717, 1.165) is 0 Å². The number of rotatable bonds is 14. The third-order valence-electron chi connectivity index (χ3n) is 4.11. The molecule has 0 heterocycles. The lowest BCUT2D eigenvalue weighted by Gasteiger charge is -2.11. The van der Waals surface area contributed by atoms with Gasteiger partial charge >= 0.3 is 0 Å². The second kappa shape index (κ2) is 13.3. The van der Waals surface area contributed by atoms with Gasteiger partial charge in [0, 0.05) is 6.42 Å². The highest BCUT2D eigenvalue weighted by Gasteiger charge is 2.05. The summed E-state index contributed by atoms with van der Waals surface area (Å²) in [5.74, 6) is 0. The van der Waals surface area contributed by atoms with Gasteiger partial charge in [-0.3, -0.25) is 0 Å². The van der Waals surface area contributed by atoms with Crippen molar-refractivity contribution < 1.29 is 9.84 Å². The third-order valence-corrected chi connectivity index (χ3v) is 4.11. The van der Waals surface area contributed by atoms with Gasteiger partial charge in [0.1, 0.15) is 0 Å². The quantitative estimate of drug-likeness (QED) is 0.382. The fraction of sp³-hybridized carbons (Fsp3) is 0.619. The van der Waals surface area contributed by atoms with Crippen LogP contribution < -0.4 is 0 Å². The molecule has 23 heavy (non-hydrogen) atoms. The van der Waals surface area contributed by atoms with E-state index in [1.807, 2.05) is 0 Å². The van der Waals surface area contributed by atoms with E-state index in [0.29, 0.717) is 19.6 Å². The molecule has 2 heteroatoms. The third kappa shape index (κ3) is 10.3. The molecule has 0 fully saturated rings. The van der Waals surface area contributed by atoms with E-state index in [-0.39, 0.29) is 0 Å². The van der Waals surface area contributed by atoms with Crippen LogP contribution in [0.25, 0.3) is 0 Å². The Morgan fingerprint density at radius 2 is 1.61 bits per heavy atom. The normalized spacial score (nSPS) is 12.3. The monoisotopic (exact) mass is 318 g/mol. The first-order chi connectivity index (χ1) is 11.3. The molecule has 1 unspecified atom stereocenters. The van der Waals surface area contributed by atoms with Crippen LogP contribution in [0.3, 0.4) is 0 Å². The lowest BCUT2D eigenvalue weighted by molar-refractivity contribution is 0.0497. The summed E-state index contributed by atoms with van der Waals surface area (Å²) >= 11 is 0. The van der Waals surface area contributed by atoms with Crippen LogP contribution in [0.4, 0.5) is 0 Å². The molecule has 0 aliphatic carbocycles. The summed E-state index contributed by atoms with van der Waals surface area (Å²) in [6.45, 7) is 6.72. The lowest BCUT2D eigenvalue weighted by atomic mass is 10.0. The van der Waals surface area contributed by atoms with E-state index in [1.54, 1.807) is 6.08 Å². The average Bonchev–Trinajstić information content (AvgIpc) is 2.56. The highest BCUT2D eigenvalue weighted by Crippen LogP contribution is 2.12. The van der Waals surface area contributed by atoms with Gasteiger partial charge in [-0.1, -0.05) is 75.8 Å². The van der Waals surface area contributed by atoms with Gasteiger partial charge in [-0.25, -0.2) is 0 Å². The van der Waals surface area contributed by atoms with Crippen LogP contribution in [0.15, 0.2) is 36.9 Å². The summed E-state index contributed by atoms with van der Waals surface area (Å²) in [5, 5.41) is 9.90. The van der Waals surface area contributed by atoms with Gasteiger partial charge in [0.2, 0.25) is 0 Å². The van der Waals surface area contributed by atoms with Crippen LogP contribution in [0.5, 0.6) is 0 Å². The van der Waals surface area contributed by atoms with E-state index in [2.05, 4.69) is 37.8 Å². The molecule has 1 rings (SSSR count). The predicted octanol–water partition coefficient (Wildman–Crippen LogP) is 5.09. The number of ether oxygens (including phenoxy) is 1. The summed E-state index contributed by atoms with van der Waals surface area (Å²) in [6, 6.07) is 8.66. The first kappa shape index (κ1) is 19.9. The highest BCUT2D eigenvalue weighted by molar-refractivity contribution is 5.23. The molecule has 0 aromatic heterocycles. The second-order valence-electron chi connectivity index (χ2n) is 6.37. The molecule has 0 aliphatic rings. The van der Waals surface area contributed by atoms with E-state index in [1.165, 1.54) is 62.5 Å². The zero-order chi connectivity index (χ0) is 16.8. The van der Waals surface area contributed by atoms with E-state index in [4.69, 9.17) is 4.74 Å². The van der Waals surface area contributed by atoms with Crippen molar-refractivity contribution in [1.29, 1.82) is 0 Å². The molecule has 0 bridgehead atoms. The Kier molecular flexibility index (Phi) is 11.5. The largest absolute Gasteiger partial charge is 0.390 e. The van der Waals surface area contributed by atoms with Crippen LogP contribution in [0.1, 0.15) is 63.0 Å². The molecular weight excluding hydrogens is 284 g/mol. The van der Waals surface area contributed by atoms with Crippen molar-refractivity contribution >= 4 is 0 Å². The van der Waals surface area contributed by atoms with Crippen molar-refractivity contribution in [3.63, 3.8) is 0 Å². The van der Waals surface area contributed by atoms with E-state index in [9.17, 15) is 5.11 Å². The zero-order valence-corrected chi connectivity index (χ0v) is 14.8. The molecular formula is C21H34O2. The van der Waals surface area contributed by atoms with Gasteiger partial charge in [0.15, 0.2) is 0 Å². The van der Waals surface area contributed by atoms with Gasteiger partial charge in [-0.15, -0.1) is 6.58 Å². The molecule has 1 aromatic carbocycles. The summed E-state index contributed by atoms with van der Waals surface area (Å²) in [6.07, 6.45) is 12.5. The Hall–Kier alpha value is -1.12. The van der Waals surface area contributed by atoms with Gasteiger partial charge in [-0.2, -0.15) is 0 Å². The number of unbranched alkanes of at least 4 members (excludes halogenated alkanes) is 6. The SMILES string of the molecule is C=CCOCC(O)Cc1ccc(CCCCCCCCC)cc1. The van der Waals surface area contributed by atoms with Gasteiger partial charge in [0.05, 0.1) is 19.3 Å². The molecule has 0 saturated heterocycles. The molecule has 0 radical (unpaired) electrons. The summed E-state index contributed by atoms with van der Waals surface area (Å²) in [7, 11) is 0. The minimum atomic E-state index is -0.441. The molecule has 0 amide bonds. The molecule has 1 aromatic rings. The Morgan fingerprint density at radius 1 is 1.00 bits per heavy atom. The van der Waals surface area contributed by atoms with Crippen molar-refractivity contribution in [2.24, 2.45) is 0 Å². The minimum absolute atomic E-state index is 0.367. The van der Waals surface area contributed by atoms with Gasteiger partial charge in [-0.05, 0) is 24.0 Å². The average molecular weight is 319 g/mol. The molecule has 130 valence electrons. The van der Waals surface area contributed by atoms with Crippen molar-refractivity contribution in [2.45, 2.75) is 70.8 Å². The predicted molar refractivity (Wildman–Crippen MR) is 98.9 cm³/mol. The minimum Gasteiger partial charge on any atom is -0.390 e. The van der Waals surface area contributed by atoms with Gasteiger partial charge < -0.3 is 9.84 Å². The maximum Gasteiger partial charge on any atom is 0.0814 e. The number of aliphatic hydroxyl groups is 1. The summed E-state index contributed by atoms with van der Waals surface area (Å²) < 4.78 is 5.27. The van der Waals surface area contributed by atoms with Crippen LogP contribution in [-0.2, 0) is 17.6 Å². The number of aliphatic hydroxyl groups excluding tert-OH is 1. The van der Waals surface area contributed by atoms with Crippen molar-refractivity contribution in [3.8, 4) is 0 Å². The Morgan fingerprint density at radius 3 is 2.26 bits per heavy atom. The highest BCUT2D eigenvalue weighted by atomic mass is 16.5. The standard InChI is InChI=1S/C21H34O2/c1-3-5-6-7-8-9-10-11-19-12-14-20(15-13-19)17-21(22)18-23-16-4-2/h4,12-15,21-22H,2-3,5-11,16-18H2,1H3. The van der Waals surface area contributed by atoms with Crippen molar-refractivity contribution in [2.75, 3.05) is 13.2 Å². The van der Waals surface area contributed by atoms with Crippen LogP contribution in [-0.4, -0.2) is 24.4 Å². The first-order valence-corrected chi connectivity index (χ1v) is 9.20. The topological polar surface area (TPSA) is 29.5 Å². The number of benzene rings is 1. The number of hydrogen-bond donors (Lipinski definition) is 1. The fourth-order valence-corrected chi connectivity index (χ4v) is 2.75. The molecule has 2 nitrogen and oxygen atoms in total. The first-order valence-electron chi connectivity index (χ1n) is 9.20.